The molecule has 0 unspecified atom stereocenters. The molecule has 2 nitrogen and oxygen atoms in total. The van der Waals surface area contributed by atoms with Gasteiger partial charge in [0.2, 0.25) is 8.32 Å². The Balaban J connectivity index is 2.06. The lowest BCUT2D eigenvalue weighted by Gasteiger charge is -2.34. The minimum absolute atomic E-state index is 0.698. The van der Waals surface area contributed by atoms with Crippen molar-refractivity contribution >= 4 is 21.8 Å². The van der Waals surface area contributed by atoms with Crippen LogP contribution in [-0.4, -0.2) is 16.6 Å². The van der Waals surface area contributed by atoms with E-state index in [1.165, 1.54) is 42.5 Å². The number of unbranched alkanes of at least 4 members (excludes halogenated alkanes) is 3. The smallest absolute Gasteiger partial charge is 0.205 e. The molecule has 0 bridgehead atoms. The van der Waals surface area contributed by atoms with Crippen LogP contribution in [0.25, 0.3) is 11.1 Å². The molecule has 27 heavy (non-hydrogen) atoms. The zero-order valence-corrected chi connectivity index (χ0v) is 19.5. The van der Waals surface area contributed by atoms with Crippen molar-refractivity contribution in [2.45, 2.75) is 64.8 Å². The molecule has 0 N–H and O–H groups in total. The summed E-state index contributed by atoms with van der Waals surface area (Å²) in [6.07, 6.45) is 5.25. The van der Waals surface area contributed by atoms with E-state index in [-0.39, 0.29) is 0 Å². The molecule has 0 aliphatic heterocycles. The van der Waals surface area contributed by atoms with Crippen molar-refractivity contribution in [2.75, 3.05) is 0 Å². The monoisotopic (exact) mass is 395 g/mol. The van der Waals surface area contributed by atoms with Gasteiger partial charge in [0.15, 0.2) is 8.32 Å². The Bertz CT molecular complexity index is 758. The van der Waals surface area contributed by atoms with Crippen LogP contribution in [-0.2, 0) is 4.12 Å². The molecule has 0 saturated heterocycles. The quantitative estimate of drug-likeness (QED) is 0.361. The summed E-state index contributed by atoms with van der Waals surface area (Å²) >= 11 is 0. The van der Waals surface area contributed by atoms with E-state index in [1.807, 2.05) is 24.3 Å². The molecular formula is C23H33NOSi2. The van der Waals surface area contributed by atoms with Crippen LogP contribution in [0, 0.1) is 11.3 Å². The standard InChI is InChI=1S/C23H33NOSi2/c1-6-7-8-9-18-26(2,3)25-27(4,5)23-16-14-22(15-17-23)21-12-10-20(19-24)11-13-21/h10-17H,6-9,18H2,1-5H3. The van der Waals surface area contributed by atoms with E-state index in [0.717, 1.165) is 5.56 Å². The third-order valence-corrected chi connectivity index (χ3v) is 12.6. The summed E-state index contributed by atoms with van der Waals surface area (Å²) in [6, 6.07) is 20.0. The summed E-state index contributed by atoms with van der Waals surface area (Å²) in [5, 5.41) is 10.3. The Morgan fingerprint density at radius 3 is 1.89 bits per heavy atom. The molecule has 2 aromatic carbocycles. The lowest BCUT2D eigenvalue weighted by atomic mass is 10.0. The molecule has 0 amide bonds. The van der Waals surface area contributed by atoms with Gasteiger partial charge >= 0.3 is 0 Å². The third kappa shape index (κ3) is 6.46. The first-order valence-electron chi connectivity index (χ1n) is 10.1. The predicted octanol–water partition coefficient (Wildman–Crippen LogP) is 6.44. The van der Waals surface area contributed by atoms with Crippen LogP contribution in [0.15, 0.2) is 48.5 Å². The van der Waals surface area contributed by atoms with Gasteiger partial charge in [-0.25, -0.2) is 0 Å². The predicted molar refractivity (Wildman–Crippen MR) is 121 cm³/mol. The molecule has 0 atom stereocenters. The van der Waals surface area contributed by atoms with Crippen LogP contribution >= 0.6 is 0 Å². The molecule has 0 fully saturated rings. The second-order valence-electron chi connectivity index (χ2n) is 8.45. The highest BCUT2D eigenvalue weighted by Crippen LogP contribution is 2.23. The first kappa shape index (κ1) is 21.6. The number of nitrogens with zero attached hydrogens (tertiary/aromatic N) is 1. The van der Waals surface area contributed by atoms with Crippen LogP contribution in [0.3, 0.4) is 0 Å². The minimum Gasteiger partial charge on any atom is -0.452 e. The molecule has 4 heteroatoms. The van der Waals surface area contributed by atoms with E-state index in [1.54, 1.807) is 0 Å². The van der Waals surface area contributed by atoms with Gasteiger partial charge in [0, 0.05) is 0 Å². The maximum atomic E-state index is 8.94. The Morgan fingerprint density at radius 1 is 0.815 bits per heavy atom. The van der Waals surface area contributed by atoms with Gasteiger partial charge in [-0.2, -0.15) is 5.26 Å². The van der Waals surface area contributed by atoms with E-state index in [2.05, 4.69) is 63.4 Å². The zero-order valence-electron chi connectivity index (χ0n) is 17.5. The van der Waals surface area contributed by atoms with Crippen molar-refractivity contribution in [3.63, 3.8) is 0 Å². The number of hydrogen-bond donors (Lipinski definition) is 0. The summed E-state index contributed by atoms with van der Waals surface area (Å²) in [4.78, 5) is 0. The fraction of sp³-hybridized carbons (Fsp3) is 0.435. The first-order chi connectivity index (χ1) is 12.8. The summed E-state index contributed by atoms with van der Waals surface area (Å²) in [6.45, 7) is 11.7. The SMILES string of the molecule is CCCCCC[Si](C)(C)O[Si](C)(C)c1ccc(-c2ccc(C#N)cc2)cc1. The van der Waals surface area contributed by atoms with Crippen molar-refractivity contribution in [3.05, 3.63) is 54.1 Å². The fourth-order valence-electron chi connectivity index (χ4n) is 3.58. The normalized spacial score (nSPS) is 12.0. The topological polar surface area (TPSA) is 33.0 Å². The zero-order chi connectivity index (χ0) is 19.9. The van der Waals surface area contributed by atoms with Gasteiger partial charge in [-0.1, -0.05) is 69.0 Å². The Hall–Kier alpha value is -1.68. The first-order valence-corrected chi connectivity index (χ1v) is 16.1. The van der Waals surface area contributed by atoms with Crippen molar-refractivity contribution in [1.29, 1.82) is 5.26 Å². The molecule has 0 spiro atoms. The molecule has 0 radical (unpaired) electrons. The summed E-state index contributed by atoms with van der Waals surface area (Å²) in [5.41, 5.74) is 3.03. The van der Waals surface area contributed by atoms with Crippen LogP contribution in [0.4, 0.5) is 0 Å². The van der Waals surface area contributed by atoms with Crippen molar-refractivity contribution in [2.24, 2.45) is 0 Å². The van der Waals surface area contributed by atoms with E-state index in [9.17, 15) is 0 Å². The summed E-state index contributed by atoms with van der Waals surface area (Å²) < 4.78 is 6.81. The van der Waals surface area contributed by atoms with Crippen molar-refractivity contribution in [1.82, 2.24) is 0 Å². The fourth-order valence-corrected chi connectivity index (χ4v) is 12.1. The van der Waals surface area contributed by atoms with E-state index in [0.29, 0.717) is 5.56 Å². The highest BCUT2D eigenvalue weighted by molar-refractivity contribution is 6.92. The molecule has 0 saturated carbocycles. The van der Waals surface area contributed by atoms with Crippen molar-refractivity contribution in [3.8, 4) is 17.2 Å². The van der Waals surface area contributed by atoms with Gasteiger partial charge in [0.25, 0.3) is 0 Å². The number of hydrogen-bond acceptors (Lipinski definition) is 2. The second-order valence-corrected chi connectivity index (χ2v) is 16.9. The average Bonchev–Trinajstić information content (AvgIpc) is 2.65. The maximum absolute atomic E-state index is 8.94. The Labute approximate surface area is 167 Å². The molecule has 0 aliphatic carbocycles. The number of nitriles is 1. The van der Waals surface area contributed by atoms with E-state index in [4.69, 9.17) is 9.38 Å². The van der Waals surface area contributed by atoms with Crippen molar-refractivity contribution < 1.29 is 4.12 Å². The van der Waals surface area contributed by atoms with Crippen LogP contribution in [0.1, 0.15) is 38.2 Å². The largest absolute Gasteiger partial charge is 0.452 e. The minimum atomic E-state index is -1.90. The Morgan fingerprint density at radius 2 is 1.37 bits per heavy atom. The maximum Gasteiger partial charge on any atom is 0.205 e. The molecule has 144 valence electrons. The number of rotatable bonds is 9. The summed E-state index contributed by atoms with van der Waals surface area (Å²) in [5.74, 6) is 0. The third-order valence-electron chi connectivity index (χ3n) is 5.09. The molecule has 2 rings (SSSR count). The van der Waals surface area contributed by atoms with Gasteiger partial charge in [0.1, 0.15) is 0 Å². The van der Waals surface area contributed by atoms with Gasteiger partial charge in [0.05, 0.1) is 11.6 Å². The lowest BCUT2D eigenvalue weighted by Crippen LogP contribution is -2.52. The number of benzene rings is 2. The van der Waals surface area contributed by atoms with Gasteiger partial charge in [-0.05, 0) is 60.7 Å². The van der Waals surface area contributed by atoms with Crippen LogP contribution in [0.2, 0.25) is 32.2 Å². The molecule has 0 aromatic heterocycles. The van der Waals surface area contributed by atoms with Crippen LogP contribution in [0.5, 0.6) is 0 Å². The van der Waals surface area contributed by atoms with Gasteiger partial charge in [-0.15, -0.1) is 0 Å². The highest BCUT2D eigenvalue weighted by atomic mass is 28.4. The lowest BCUT2D eigenvalue weighted by molar-refractivity contribution is 0.545. The summed E-state index contributed by atoms with van der Waals surface area (Å²) in [7, 11) is -3.53. The molecule has 0 heterocycles. The van der Waals surface area contributed by atoms with E-state index < -0.39 is 16.6 Å². The molecule has 2 aromatic rings. The second kappa shape index (κ2) is 9.50. The highest BCUT2D eigenvalue weighted by Gasteiger charge is 2.34. The average molecular weight is 396 g/mol. The Kier molecular flexibility index (Phi) is 7.61. The van der Waals surface area contributed by atoms with Crippen LogP contribution < -0.4 is 5.19 Å². The molecular weight excluding hydrogens is 362 g/mol. The van der Waals surface area contributed by atoms with Gasteiger partial charge in [-0.3, -0.25) is 0 Å². The van der Waals surface area contributed by atoms with Gasteiger partial charge < -0.3 is 4.12 Å². The van der Waals surface area contributed by atoms with E-state index >= 15 is 0 Å². The molecule has 0 aliphatic rings.